The molecule has 2 heterocycles. The number of nitrogens with zero attached hydrogens (tertiary/aromatic N) is 3. The van der Waals surface area contributed by atoms with Crippen molar-refractivity contribution in [3.05, 3.63) is 201 Å². The minimum absolute atomic E-state index is 0. The van der Waals surface area contributed by atoms with E-state index in [0.29, 0.717) is 72.7 Å². The molecule has 0 spiro atoms. The molecular weight excluding hydrogens is 1100 g/mol. The van der Waals surface area contributed by atoms with Gasteiger partial charge in [-0.1, -0.05) is 199 Å². The van der Waals surface area contributed by atoms with Crippen LogP contribution < -0.4 is 25.8 Å². The maximum absolute atomic E-state index is 13.2. The van der Waals surface area contributed by atoms with Crippen LogP contribution in [0.2, 0.25) is 8.67 Å². The molecule has 0 aliphatic heterocycles. The van der Waals surface area contributed by atoms with Gasteiger partial charge in [-0.05, 0) is 65.9 Å². The summed E-state index contributed by atoms with van der Waals surface area (Å²) in [5, 5.41) is 25.2. The van der Waals surface area contributed by atoms with Gasteiger partial charge in [0.15, 0.2) is 10.3 Å². The van der Waals surface area contributed by atoms with E-state index in [0.717, 1.165) is 53.5 Å². The molecule has 8 aromatic rings. The molecular formula is C56H64Cl2N8O7S4. The Hall–Kier alpha value is -6.39. The summed E-state index contributed by atoms with van der Waals surface area (Å²) in [5.74, 6) is 0.496. The molecule has 8 N–H and O–H groups in total. The third-order valence-electron chi connectivity index (χ3n) is 11.4. The normalized spacial score (nSPS) is 11.1. The summed E-state index contributed by atoms with van der Waals surface area (Å²) in [5.41, 5.74) is 14.0. The fourth-order valence-electron chi connectivity index (χ4n) is 7.98. The average molecular weight is 1160 g/mol. The standard InChI is InChI=1S/C28H29ClN4O4S2.C17H21NO.C10H10ClN3O2S2.CH4/c1-39(36,37)32-23-14-12-22(13-15-23)25-26(29)38-27(30-25)31-28(35)33(18-19-34)17-16-24(20-8-4-2-5-9-20)21-10-6-3-7-11-21;19-14-13-18-12-11-17(15-7-3-1-4-8-15)16-9-5-2-6-10-16;1-18(15,16)14-7-4-2-6(3-5-7)8-9(11)17-10(12)13-8;/h2-15,24,32,34H,16-19H2,1H3,(H,30,31,35);1-10,17-19H,11-14H2;2-5,14H,1H3,(H2,12,13);1H4. The molecule has 0 aliphatic carbocycles. The number of hydrogen-bond donors (Lipinski definition) is 7. The van der Waals surface area contributed by atoms with Crippen molar-refractivity contribution in [2.24, 2.45) is 0 Å². The van der Waals surface area contributed by atoms with Crippen LogP contribution in [0.1, 0.15) is 54.4 Å². The van der Waals surface area contributed by atoms with Gasteiger partial charge in [-0.3, -0.25) is 14.8 Å². The highest BCUT2D eigenvalue weighted by Gasteiger charge is 2.21. The molecule has 0 saturated heterocycles. The van der Waals surface area contributed by atoms with E-state index in [1.807, 2.05) is 36.4 Å². The van der Waals surface area contributed by atoms with E-state index < -0.39 is 20.0 Å². The molecule has 0 aliphatic rings. The van der Waals surface area contributed by atoms with E-state index in [-0.39, 0.29) is 39.1 Å². The molecule has 15 nitrogen and oxygen atoms in total. The Bertz CT molecular complexity index is 3180. The Kier molecular flexibility index (Phi) is 24.4. The molecule has 0 saturated carbocycles. The highest BCUT2D eigenvalue weighted by Crippen LogP contribution is 2.37. The second-order valence-corrected chi connectivity index (χ2v) is 23.9. The Labute approximate surface area is 470 Å². The molecule has 2 amide bonds. The number of anilines is 4. The topological polar surface area (TPSA) is 229 Å². The fourth-order valence-corrected chi connectivity index (χ4v) is 11.2. The zero-order valence-electron chi connectivity index (χ0n) is 41.7. The van der Waals surface area contributed by atoms with E-state index >= 15 is 0 Å². The number of aliphatic hydroxyl groups excluding tert-OH is 2. The number of nitrogen functional groups attached to an aromatic ring is 1. The maximum Gasteiger partial charge on any atom is 0.323 e. The molecule has 0 atom stereocenters. The fraction of sp³-hybridized carbons (Fsp3) is 0.232. The van der Waals surface area contributed by atoms with Crippen molar-refractivity contribution in [2.45, 2.75) is 32.1 Å². The first kappa shape index (κ1) is 61.5. The smallest absolute Gasteiger partial charge is 0.323 e. The number of urea groups is 1. The Morgan fingerprint density at radius 3 is 1.35 bits per heavy atom. The number of hydrogen-bond acceptors (Lipinski definition) is 13. The summed E-state index contributed by atoms with van der Waals surface area (Å²) in [7, 11) is -6.66. The van der Waals surface area contributed by atoms with Crippen molar-refractivity contribution in [3.8, 4) is 22.5 Å². The van der Waals surface area contributed by atoms with Crippen LogP contribution in [-0.4, -0.2) is 99.9 Å². The van der Waals surface area contributed by atoms with Gasteiger partial charge in [0.2, 0.25) is 20.0 Å². The number of carbonyl (C=O) groups excluding carboxylic acids is 1. The third kappa shape index (κ3) is 20.2. The van der Waals surface area contributed by atoms with Crippen molar-refractivity contribution < 1.29 is 31.8 Å². The van der Waals surface area contributed by atoms with Crippen LogP contribution in [0, 0.1) is 0 Å². The highest BCUT2D eigenvalue weighted by molar-refractivity contribution is 7.92. The van der Waals surface area contributed by atoms with Gasteiger partial charge in [0.25, 0.3) is 0 Å². The third-order valence-corrected chi connectivity index (χ3v) is 14.8. The number of nitrogens with two attached hydrogens (primary N) is 1. The molecule has 0 radical (unpaired) electrons. The van der Waals surface area contributed by atoms with Crippen molar-refractivity contribution in [2.75, 3.05) is 72.4 Å². The molecule has 408 valence electrons. The Balaban J connectivity index is 0.000000239. The van der Waals surface area contributed by atoms with Crippen LogP contribution >= 0.6 is 45.9 Å². The lowest BCUT2D eigenvalue weighted by Gasteiger charge is -2.25. The molecule has 0 fully saturated rings. The van der Waals surface area contributed by atoms with E-state index in [2.05, 4.69) is 115 Å². The van der Waals surface area contributed by atoms with E-state index in [1.165, 1.54) is 22.5 Å². The lowest BCUT2D eigenvalue weighted by atomic mass is 9.88. The van der Waals surface area contributed by atoms with E-state index in [1.54, 1.807) is 53.4 Å². The lowest BCUT2D eigenvalue weighted by Crippen LogP contribution is -2.38. The van der Waals surface area contributed by atoms with Crippen molar-refractivity contribution in [3.63, 3.8) is 0 Å². The minimum Gasteiger partial charge on any atom is -0.395 e. The predicted molar refractivity (Wildman–Crippen MR) is 320 cm³/mol. The summed E-state index contributed by atoms with van der Waals surface area (Å²) in [6.45, 7) is 2.18. The number of thiazole rings is 2. The van der Waals surface area contributed by atoms with Gasteiger partial charge in [0, 0.05) is 54.0 Å². The number of carbonyl (C=O) groups is 1. The van der Waals surface area contributed by atoms with Gasteiger partial charge in [0.05, 0.1) is 25.7 Å². The lowest BCUT2D eigenvalue weighted by molar-refractivity contribution is 0.187. The molecule has 2 aromatic heterocycles. The summed E-state index contributed by atoms with van der Waals surface area (Å²) in [6, 6.07) is 54.5. The van der Waals surface area contributed by atoms with Crippen molar-refractivity contribution in [1.29, 1.82) is 0 Å². The number of rotatable bonds is 21. The van der Waals surface area contributed by atoms with Crippen LogP contribution in [0.25, 0.3) is 22.5 Å². The van der Waals surface area contributed by atoms with E-state index in [9.17, 15) is 26.7 Å². The van der Waals surface area contributed by atoms with Gasteiger partial charge in [0.1, 0.15) is 20.1 Å². The van der Waals surface area contributed by atoms with Crippen LogP contribution in [0.3, 0.4) is 0 Å². The monoisotopic (exact) mass is 1160 g/mol. The van der Waals surface area contributed by atoms with Crippen molar-refractivity contribution in [1.82, 2.24) is 20.2 Å². The van der Waals surface area contributed by atoms with Crippen LogP contribution in [0.4, 0.5) is 26.4 Å². The first-order chi connectivity index (χ1) is 36.5. The number of nitrogens with one attached hydrogen (secondary N) is 4. The minimum atomic E-state index is -3.39. The van der Waals surface area contributed by atoms with Crippen LogP contribution in [0.5, 0.6) is 0 Å². The second kappa shape index (κ2) is 30.5. The first-order valence-electron chi connectivity index (χ1n) is 23.9. The predicted octanol–water partition coefficient (Wildman–Crippen LogP) is 11.7. The number of sulfonamides is 2. The first-order valence-corrected chi connectivity index (χ1v) is 30.1. The second-order valence-electron chi connectivity index (χ2n) is 17.2. The average Bonchev–Trinajstić information content (AvgIpc) is 3.95. The van der Waals surface area contributed by atoms with E-state index in [4.69, 9.17) is 34.0 Å². The highest BCUT2D eigenvalue weighted by atomic mass is 35.5. The van der Waals surface area contributed by atoms with Crippen LogP contribution in [-0.2, 0) is 20.0 Å². The van der Waals surface area contributed by atoms with Crippen molar-refractivity contribution >= 4 is 93.6 Å². The Morgan fingerprint density at radius 1 is 0.571 bits per heavy atom. The number of benzene rings is 6. The molecule has 0 bridgehead atoms. The molecule has 21 heteroatoms. The number of aliphatic hydroxyl groups is 2. The maximum atomic E-state index is 13.2. The van der Waals surface area contributed by atoms with Gasteiger partial charge >= 0.3 is 6.03 Å². The Morgan fingerprint density at radius 2 is 0.974 bits per heavy atom. The zero-order valence-corrected chi connectivity index (χ0v) is 46.5. The van der Waals surface area contributed by atoms with Gasteiger partial charge < -0.3 is 26.2 Å². The summed E-state index contributed by atoms with van der Waals surface area (Å²) in [4.78, 5) is 23.3. The SMILES string of the molecule is C.CS(=O)(=O)Nc1ccc(-c2nc(N)sc2Cl)cc1.CS(=O)(=O)Nc1ccc(-c2nc(NC(=O)N(CCO)CCC(c3ccccc3)c3ccccc3)sc2Cl)cc1.OCCNCCC(c1ccccc1)c1ccccc1. The van der Waals surface area contributed by atoms with Gasteiger partial charge in [-0.2, -0.15) is 0 Å². The van der Waals surface area contributed by atoms with Gasteiger partial charge in [-0.15, -0.1) is 0 Å². The quantitative estimate of drug-likeness (QED) is 0.0335. The van der Waals surface area contributed by atoms with Crippen LogP contribution in [0.15, 0.2) is 170 Å². The van der Waals surface area contributed by atoms with Gasteiger partial charge in [-0.25, -0.2) is 31.6 Å². The summed E-state index contributed by atoms with van der Waals surface area (Å²) >= 11 is 14.7. The number of amides is 2. The largest absolute Gasteiger partial charge is 0.395 e. The molecule has 0 unspecified atom stereocenters. The summed E-state index contributed by atoms with van der Waals surface area (Å²) < 4.78 is 50.7. The summed E-state index contributed by atoms with van der Waals surface area (Å²) in [6.07, 6.45) is 3.88. The molecule has 77 heavy (non-hydrogen) atoms. The zero-order chi connectivity index (χ0) is 54.5. The molecule has 8 rings (SSSR count). The molecule has 6 aromatic carbocycles. The number of halogens is 2. The number of aromatic nitrogens is 2.